The molecule has 0 radical (unpaired) electrons. The Morgan fingerprint density at radius 2 is 2.00 bits per heavy atom. The number of carbonyl (C=O) groups excluding carboxylic acids is 1. The molecule has 0 saturated heterocycles. The summed E-state index contributed by atoms with van der Waals surface area (Å²) in [6.45, 7) is 8.34. The summed E-state index contributed by atoms with van der Waals surface area (Å²) in [5.74, 6) is 0.187. The van der Waals surface area contributed by atoms with Crippen LogP contribution >= 0.6 is 0 Å². The van der Waals surface area contributed by atoms with Crippen LogP contribution in [0, 0.1) is 5.41 Å². The Labute approximate surface area is 112 Å². The molecule has 1 fully saturated rings. The van der Waals surface area contributed by atoms with E-state index in [1.165, 1.54) is 38.5 Å². The fourth-order valence-electron chi connectivity index (χ4n) is 2.05. The molecular weight excluding hydrogens is 224 g/mol. The van der Waals surface area contributed by atoms with Crippen molar-refractivity contribution in [1.29, 1.82) is 0 Å². The van der Waals surface area contributed by atoms with Gasteiger partial charge in [0.15, 0.2) is 0 Å². The van der Waals surface area contributed by atoms with E-state index in [1.807, 2.05) is 0 Å². The number of hydrogen-bond acceptors (Lipinski definition) is 2. The first-order valence-electron chi connectivity index (χ1n) is 7.53. The van der Waals surface area contributed by atoms with Crippen molar-refractivity contribution in [2.24, 2.45) is 5.41 Å². The molecule has 0 heterocycles. The van der Waals surface area contributed by atoms with Gasteiger partial charge in [0, 0.05) is 25.6 Å². The fourth-order valence-corrected chi connectivity index (χ4v) is 2.05. The van der Waals surface area contributed by atoms with Gasteiger partial charge >= 0.3 is 0 Å². The second-order valence-electron chi connectivity index (χ2n) is 6.38. The van der Waals surface area contributed by atoms with Crippen LogP contribution < -0.4 is 10.6 Å². The quantitative estimate of drug-likeness (QED) is 0.589. The van der Waals surface area contributed by atoms with E-state index in [-0.39, 0.29) is 11.3 Å². The van der Waals surface area contributed by atoms with Crippen LogP contribution in [-0.4, -0.2) is 25.0 Å². The van der Waals surface area contributed by atoms with Gasteiger partial charge in [-0.05, 0) is 24.7 Å². The normalized spacial score (nSPS) is 15.7. The number of rotatable bonds is 10. The van der Waals surface area contributed by atoms with Gasteiger partial charge in [-0.3, -0.25) is 4.79 Å². The summed E-state index contributed by atoms with van der Waals surface area (Å²) in [5, 5.41) is 6.43. The SMILES string of the molecule is CCCCCC(C)(C)CNC(=O)CCNC1CC1. The first-order valence-corrected chi connectivity index (χ1v) is 7.53. The van der Waals surface area contributed by atoms with Crippen molar-refractivity contribution in [3.8, 4) is 0 Å². The van der Waals surface area contributed by atoms with E-state index < -0.39 is 0 Å². The summed E-state index contributed by atoms with van der Waals surface area (Å²) in [6, 6.07) is 0.697. The van der Waals surface area contributed by atoms with Gasteiger partial charge in [0.2, 0.25) is 5.91 Å². The maximum atomic E-state index is 11.7. The van der Waals surface area contributed by atoms with E-state index >= 15 is 0 Å². The van der Waals surface area contributed by atoms with E-state index in [0.717, 1.165) is 13.1 Å². The van der Waals surface area contributed by atoms with Gasteiger partial charge in [0.25, 0.3) is 0 Å². The molecule has 0 aromatic heterocycles. The third-order valence-electron chi connectivity index (χ3n) is 3.58. The van der Waals surface area contributed by atoms with Crippen molar-refractivity contribution in [2.45, 2.75) is 71.8 Å². The summed E-state index contributed by atoms with van der Waals surface area (Å²) in [7, 11) is 0. The summed E-state index contributed by atoms with van der Waals surface area (Å²) in [4.78, 5) is 11.7. The van der Waals surface area contributed by atoms with Crippen molar-refractivity contribution in [2.75, 3.05) is 13.1 Å². The van der Waals surface area contributed by atoms with E-state index in [4.69, 9.17) is 0 Å². The van der Waals surface area contributed by atoms with E-state index in [2.05, 4.69) is 31.4 Å². The number of amides is 1. The van der Waals surface area contributed by atoms with Crippen LogP contribution in [0.2, 0.25) is 0 Å². The van der Waals surface area contributed by atoms with E-state index in [9.17, 15) is 4.79 Å². The zero-order valence-electron chi connectivity index (χ0n) is 12.3. The van der Waals surface area contributed by atoms with Crippen LogP contribution in [0.1, 0.15) is 65.7 Å². The lowest BCUT2D eigenvalue weighted by molar-refractivity contribution is -0.121. The zero-order valence-corrected chi connectivity index (χ0v) is 12.3. The topological polar surface area (TPSA) is 41.1 Å². The lowest BCUT2D eigenvalue weighted by Crippen LogP contribution is -2.35. The predicted octanol–water partition coefficient (Wildman–Crippen LogP) is 2.85. The van der Waals surface area contributed by atoms with Gasteiger partial charge < -0.3 is 10.6 Å². The summed E-state index contributed by atoms with van der Waals surface area (Å²) >= 11 is 0. The Hall–Kier alpha value is -0.570. The van der Waals surface area contributed by atoms with Crippen LogP contribution in [-0.2, 0) is 4.79 Å². The highest BCUT2D eigenvalue weighted by atomic mass is 16.1. The average molecular weight is 254 g/mol. The molecule has 0 unspecified atom stereocenters. The Kier molecular flexibility index (Phi) is 6.69. The zero-order chi connectivity index (χ0) is 13.4. The largest absolute Gasteiger partial charge is 0.356 e. The van der Waals surface area contributed by atoms with Crippen LogP contribution in [0.25, 0.3) is 0 Å². The van der Waals surface area contributed by atoms with Crippen molar-refractivity contribution < 1.29 is 4.79 Å². The summed E-state index contributed by atoms with van der Waals surface area (Å²) < 4.78 is 0. The van der Waals surface area contributed by atoms with E-state index in [1.54, 1.807) is 0 Å². The second-order valence-corrected chi connectivity index (χ2v) is 6.38. The molecule has 2 N–H and O–H groups in total. The highest BCUT2D eigenvalue weighted by molar-refractivity contribution is 5.76. The van der Waals surface area contributed by atoms with Gasteiger partial charge in [-0.15, -0.1) is 0 Å². The van der Waals surface area contributed by atoms with Crippen molar-refractivity contribution in [3.05, 3.63) is 0 Å². The fraction of sp³-hybridized carbons (Fsp3) is 0.933. The second kappa shape index (κ2) is 7.78. The smallest absolute Gasteiger partial charge is 0.221 e. The minimum atomic E-state index is 0.187. The van der Waals surface area contributed by atoms with Gasteiger partial charge in [-0.2, -0.15) is 0 Å². The maximum absolute atomic E-state index is 11.7. The number of unbranched alkanes of at least 4 members (excludes halogenated alkanes) is 2. The van der Waals surface area contributed by atoms with Crippen molar-refractivity contribution in [3.63, 3.8) is 0 Å². The lowest BCUT2D eigenvalue weighted by atomic mass is 9.87. The number of hydrogen-bond donors (Lipinski definition) is 2. The maximum Gasteiger partial charge on any atom is 0.221 e. The van der Waals surface area contributed by atoms with E-state index in [0.29, 0.717) is 12.5 Å². The Bertz CT molecular complexity index is 247. The standard InChI is InChI=1S/C15H30N2O/c1-4-5-6-10-15(2,3)12-17-14(18)9-11-16-13-7-8-13/h13,16H,4-12H2,1-3H3,(H,17,18). The Morgan fingerprint density at radius 1 is 1.28 bits per heavy atom. The van der Waals surface area contributed by atoms with Gasteiger partial charge in [0.05, 0.1) is 0 Å². The monoisotopic (exact) mass is 254 g/mol. The first kappa shape index (κ1) is 15.5. The molecule has 18 heavy (non-hydrogen) atoms. The number of nitrogens with one attached hydrogen (secondary N) is 2. The first-order chi connectivity index (χ1) is 8.53. The highest BCUT2D eigenvalue weighted by Crippen LogP contribution is 2.22. The molecule has 3 heteroatoms. The Balaban J connectivity index is 2.03. The van der Waals surface area contributed by atoms with Gasteiger partial charge in [0.1, 0.15) is 0 Å². The molecule has 1 aliphatic rings. The molecule has 3 nitrogen and oxygen atoms in total. The Morgan fingerprint density at radius 3 is 2.61 bits per heavy atom. The predicted molar refractivity (Wildman–Crippen MR) is 76.6 cm³/mol. The molecule has 0 aromatic carbocycles. The average Bonchev–Trinajstić information content (AvgIpc) is 3.11. The highest BCUT2D eigenvalue weighted by Gasteiger charge is 2.21. The minimum absolute atomic E-state index is 0.187. The van der Waals surface area contributed by atoms with Crippen molar-refractivity contribution >= 4 is 5.91 Å². The molecule has 0 bridgehead atoms. The molecule has 0 aromatic rings. The van der Waals surface area contributed by atoms with Crippen LogP contribution in [0.4, 0.5) is 0 Å². The summed E-state index contributed by atoms with van der Waals surface area (Å²) in [6.07, 6.45) is 8.20. The minimum Gasteiger partial charge on any atom is -0.356 e. The van der Waals surface area contributed by atoms with Crippen LogP contribution in [0.3, 0.4) is 0 Å². The third-order valence-corrected chi connectivity index (χ3v) is 3.58. The van der Waals surface area contributed by atoms with Crippen LogP contribution in [0.5, 0.6) is 0 Å². The van der Waals surface area contributed by atoms with Crippen LogP contribution in [0.15, 0.2) is 0 Å². The molecular formula is C15H30N2O. The molecule has 1 aliphatic carbocycles. The lowest BCUT2D eigenvalue weighted by Gasteiger charge is -2.25. The van der Waals surface area contributed by atoms with Gasteiger partial charge in [-0.1, -0.05) is 40.0 Å². The van der Waals surface area contributed by atoms with Crippen molar-refractivity contribution in [1.82, 2.24) is 10.6 Å². The molecule has 1 saturated carbocycles. The number of carbonyl (C=O) groups is 1. The molecule has 1 rings (SSSR count). The third kappa shape index (κ3) is 7.70. The molecule has 0 atom stereocenters. The molecule has 0 aliphatic heterocycles. The molecule has 106 valence electrons. The molecule has 1 amide bonds. The molecule has 0 spiro atoms. The van der Waals surface area contributed by atoms with Gasteiger partial charge in [-0.25, -0.2) is 0 Å². The summed E-state index contributed by atoms with van der Waals surface area (Å²) in [5.41, 5.74) is 0.231.